The average molecular weight is 229 g/mol. The number of H-pyrrole nitrogens is 1. The summed E-state index contributed by atoms with van der Waals surface area (Å²) < 4.78 is 1.58. The van der Waals surface area contributed by atoms with Crippen molar-refractivity contribution < 1.29 is 0 Å². The van der Waals surface area contributed by atoms with Crippen LogP contribution in [0.3, 0.4) is 0 Å². The van der Waals surface area contributed by atoms with Crippen molar-refractivity contribution in [2.24, 2.45) is 7.05 Å². The summed E-state index contributed by atoms with van der Waals surface area (Å²) in [7, 11) is 1.69. The highest BCUT2D eigenvalue weighted by molar-refractivity contribution is 5.75. The molecule has 84 valence electrons. The molecular weight excluding hydrogens is 222 g/mol. The van der Waals surface area contributed by atoms with Crippen molar-refractivity contribution in [1.82, 2.24) is 24.5 Å². The molecule has 0 atom stereocenters. The number of hydrogen-bond acceptors (Lipinski definition) is 5. The lowest BCUT2D eigenvalue weighted by atomic mass is 10.3. The fraction of sp³-hybridized carbons (Fsp3) is 0.100. The molecule has 17 heavy (non-hydrogen) atoms. The summed E-state index contributed by atoms with van der Waals surface area (Å²) in [6.07, 6.45) is 1.61. The molecule has 0 unspecified atom stereocenters. The lowest BCUT2D eigenvalue weighted by Gasteiger charge is -2.10. The zero-order valence-electron chi connectivity index (χ0n) is 8.84. The van der Waals surface area contributed by atoms with E-state index in [9.17, 15) is 9.59 Å². The zero-order valence-corrected chi connectivity index (χ0v) is 8.84. The SMILES string of the molecule is Cn1c2nc(=O)[nH]c(=O)c-2nc2cccnc21. The summed E-state index contributed by atoms with van der Waals surface area (Å²) in [5, 5.41) is 0. The summed E-state index contributed by atoms with van der Waals surface area (Å²) in [6, 6.07) is 3.47. The normalized spacial score (nSPS) is 11.1. The maximum atomic E-state index is 11.6. The van der Waals surface area contributed by atoms with E-state index in [-0.39, 0.29) is 11.5 Å². The molecular formula is C10H7N5O2. The number of nitrogens with zero attached hydrogens (tertiary/aromatic N) is 4. The van der Waals surface area contributed by atoms with Crippen molar-refractivity contribution in [2.75, 3.05) is 0 Å². The minimum Gasteiger partial charge on any atom is -0.310 e. The fourth-order valence-electron chi connectivity index (χ4n) is 1.72. The van der Waals surface area contributed by atoms with Gasteiger partial charge < -0.3 is 4.57 Å². The van der Waals surface area contributed by atoms with Crippen molar-refractivity contribution >= 4 is 11.2 Å². The highest BCUT2D eigenvalue weighted by atomic mass is 16.2. The summed E-state index contributed by atoms with van der Waals surface area (Å²) in [6.45, 7) is 0. The standard InChI is InChI=1S/C10H7N5O2/c1-15-7-5(3-2-4-11-7)12-6-8(15)13-10(17)14-9(6)16/h2-4H,1H3,(H,14,16,17). The van der Waals surface area contributed by atoms with Gasteiger partial charge in [-0.1, -0.05) is 0 Å². The van der Waals surface area contributed by atoms with E-state index in [1.807, 2.05) is 0 Å². The molecule has 3 rings (SSSR count). The Hall–Kier alpha value is -2.57. The van der Waals surface area contributed by atoms with Gasteiger partial charge in [-0.05, 0) is 12.1 Å². The topological polar surface area (TPSA) is 93.5 Å². The molecule has 0 saturated carbocycles. The molecule has 1 aromatic rings. The van der Waals surface area contributed by atoms with E-state index in [4.69, 9.17) is 0 Å². The maximum absolute atomic E-state index is 11.6. The van der Waals surface area contributed by atoms with Crippen LogP contribution in [-0.4, -0.2) is 24.5 Å². The van der Waals surface area contributed by atoms with Gasteiger partial charge in [-0.3, -0.25) is 9.78 Å². The second-order valence-electron chi connectivity index (χ2n) is 3.56. The number of aromatic nitrogens is 5. The lowest BCUT2D eigenvalue weighted by molar-refractivity contribution is 0.858. The van der Waals surface area contributed by atoms with Crippen LogP contribution in [0.2, 0.25) is 0 Å². The maximum Gasteiger partial charge on any atom is 0.349 e. The van der Waals surface area contributed by atoms with Crippen molar-refractivity contribution in [1.29, 1.82) is 0 Å². The third-order valence-corrected chi connectivity index (χ3v) is 2.49. The van der Waals surface area contributed by atoms with Crippen LogP contribution in [0, 0.1) is 0 Å². The molecule has 0 amide bonds. The Balaban J connectivity index is 2.64. The first-order valence-electron chi connectivity index (χ1n) is 4.88. The molecule has 2 aliphatic heterocycles. The number of aromatic amines is 1. The molecule has 3 heterocycles. The van der Waals surface area contributed by atoms with Gasteiger partial charge >= 0.3 is 5.69 Å². The first-order valence-corrected chi connectivity index (χ1v) is 4.88. The smallest absolute Gasteiger partial charge is 0.310 e. The van der Waals surface area contributed by atoms with Gasteiger partial charge in [0.1, 0.15) is 5.52 Å². The Morgan fingerprint density at radius 2 is 2.12 bits per heavy atom. The van der Waals surface area contributed by atoms with Crippen LogP contribution in [0.5, 0.6) is 0 Å². The average Bonchev–Trinajstić information content (AvgIpc) is 2.31. The van der Waals surface area contributed by atoms with Crippen LogP contribution in [0.15, 0.2) is 27.9 Å². The lowest BCUT2D eigenvalue weighted by Crippen LogP contribution is -2.28. The number of nitrogens with one attached hydrogen (secondary N) is 1. The second-order valence-corrected chi connectivity index (χ2v) is 3.56. The molecule has 1 aromatic heterocycles. The third kappa shape index (κ3) is 1.32. The van der Waals surface area contributed by atoms with Crippen LogP contribution in [0.4, 0.5) is 0 Å². The van der Waals surface area contributed by atoms with Gasteiger partial charge in [0.15, 0.2) is 17.2 Å². The van der Waals surface area contributed by atoms with Crippen molar-refractivity contribution in [3.8, 4) is 11.5 Å². The second kappa shape index (κ2) is 3.21. The molecule has 0 aliphatic carbocycles. The minimum atomic E-state index is -0.685. The number of aryl methyl sites for hydroxylation is 1. The quantitative estimate of drug-likeness (QED) is 0.525. The fourth-order valence-corrected chi connectivity index (χ4v) is 1.72. The van der Waals surface area contributed by atoms with E-state index in [0.717, 1.165) is 0 Å². The monoisotopic (exact) mass is 229 g/mol. The summed E-state index contributed by atoms with van der Waals surface area (Å²) in [4.78, 5) is 36.9. The van der Waals surface area contributed by atoms with Gasteiger partial charge in [0.05, 0.1) is 0 Å². The van der Waals surface area contributed by atoms with Gasteiger partial charge in [-0.2, -0.15) is 4.98 Å². The Morgan fingerprint density at radius 3 is 2.94 bits per heavy atom. The molecule has 7 heteroatoms. The summed E-state index contributed by atoms with van der Waals surface area (Å²) in [5.41, 5.74) is 0.0510. The Kier molecular flexibility index (Phi) is 1.82. The molecule has 0 saturated heterocycles. The molecule has 0 spiro atoms. The summed E-state index contributed by atoms with van der Waals surface area (Å²) >= 11 is 0. The van der Waals surface area contributed by atoms with Gasteiger partial charge in [-0.15, -0.1) is 0 Å². The molecule has 0 radical (unpaired) electrons. The van der Waals surface area contributed by atoms with E-state index in [2.05, 4.69) is 19.9 Å². The van der Waals surface area contributed by atoms with Crippen molar-refractivity contribution in [3.05, 3.63) is 39.2 Å². The van der Waals surface area contributed by atoms with E-state index < -0.39 is 11.2 Å². The van der Waals surface area contributed by atoms with Crippen LogP contribution in [-0.2, 0) is 7.05 Å². The van der Waals surface area contributed by atoms with Crippen LogP contribution in [0.25, 0.3) is 22.7 Å². The van der Waals surface area contributed by atoms with E-state index in [0.29, 0.717) is 11.2 Å². The minimum absolute atomic E-state index is 0.132. The van der Waals surface area contributed by atoms with Gasteiger partial charge in [-0.25, -0.2) is 14.8 Å². The van der Waals surface area contributed by atoms with E-state index in [1.165, 1.54) is 0 Å². The Labute approximate surface area is 94.1 Å². The van der Waals surface area contributed by atoms with Crippen molar-refractivity contribution in [3.63, 3.8) is 0 Å². The van der Waals surface area contributed by atoms with E-state index in [1.54, 1.807) is 29.9 Å². The van der Waals surface area contributed by atoms with Crippen LogP contribution >= 0.6 is 0 Å². The van der Waals surface area contributed by atoms with Crippen LogP contribution in [0.1, 0.15) is 0 Å². The van der Waals surface area contributed by atoms with Crippen molar-refractivity contribution in [2.45, 2.75) is 0 Å². The largest absolute Gasteiger partial charge is 0.349 e. The molecule has 2 aliphatic rings. The number of fused-ring (bicyclic) bond motifs is 2. The Morgan fingerprint density at radius 1 is 1.29 bits per heavy atom. The molecule has 0 fully saturated rings. The summed E-state index contributed by atoms with van der Waals surface area (Å²) in [5.74, 6) is 0.227. The first kappa shape index (κ1) is 9.64. The number of hydrogen-bond donors (Lipinski definition) is 1. The Bertz CT molecular complexity index is 804. The van der Waals surface area contributed by atoms with E-state index >= 15 is 0 Å². The highest BCUT2D eigenvalue weighted by Crippen LogP contribution is 2.16. The molecule has 0 bridgehead atoms. The predicted molar refractivity (Wildman–Crippen MR) is 59.8 cm³/mol. The van der Waals surface area contributed by atoms with Gasteiger partial charge in [0.25, 0.3) is 5.56 Å². The van der Waals surface area contributed by atoms with Crippen LogP contribution < -0.4 is 11.2 Å². The van der Waals surface area contributed by atoms with Gasteiger partial charge in [0.2, 0.25) is 0 Å². The highest BCUT2D eigenvalue weighted by Gasteiger charge is 2.16. The molecule has 1 N–H and O–H groups in total. The molecule has 0 aromatic carbocycles. The zero-order chi connectivity index (χ0) is 12.0. The first-order chi connectivity index (χ1) is 8.16. The predicted octanol–water partition coefficient (Wildman–Crippen LogP) is -0.483. The number of pyridine rings is 1. The van der Waals surface area contributed by atoms with Gasteiger partial charge in [0, 0.05) is 13.2 Å². The molecule has 7 nitrogen and oxygen atoms in total. The third-order valence-electron chi connectivity index (χ3n) is 2.49. The number of rotatable bonds is 0.